The van der Waals surface area contributed by atoms with Crippen molar-refractivity contribution >= 4 is 40.4 Å². The largest absolute Gasteiger partial charge is 0.467 e. The molecular formula is C22H25IN2O4. The van der Waals surface area contributed by atoms with Crippen molar-refractivity contribution in [3.05, 3.63) is 69.3 Å². The van der Waals surface area contributed by atoms with E-state index in [4.69, 9.17) is 4.74 Å². The molecule has 6 nitrogen and oxygen atoms in total. The van der Waals surface area contributed by atoms with E-state index in [0.29, 0.717) is 6.42 Å². The molecular weight excluding hydrogens is 483 g/mol. The number of methoxy groups -OCH3 is 1. The predicted octanol–water partition coefficient (Wildman–Crippen LogP) is 3.15. The van der Waals surface area contributed by atoms with Crippen molar-refractivity contribution < 1.29 is 19.1 Å². The highest BCUT2D eigenvalue weighted by Crippen LogP contribution is 2.12. The zero-order valence-corrected chi connectivity index (χ0v) is 18.6. The van der Waals surface area contributed by atoms with E-state index in [0.717, 1.165) is 14.7 Å². The molecule has 0 saturated heterocycles. The Kier molecular flexibility index (Phi) is 9.11. The summed E-state index contributed by atoms with van der Waals surface area (Å²) in [6.45, 7) is 1.89. The summed E-state index contributed by atoms with van der Waals surface area (Å²) in [6, 6.07) is 16.3. The average Bonchev–Trinajstić information content (AvgIpc) is 2.73. The minimum atomic E-state index is -0.793. The number of halogens is 1. The molecule has 2 aromatic carbocycles. The van der Waals surface area contributed by atoms with Gasteiger partial charge in [0.15, 0.2) is 0 Å². The molecule has 7 heteroatoms. The van der Waals surface area contributed by atoms with Crippen LogP contribution in [0, 0.1) is 3.57 Å². The van der Waals surface area contributed by atoms with Gasteiger partial charge >= 0.3 is 5.97 Å². The van der Waals surface area contributed by atoms with Gasteiger partial charge < -0.3 is 15.4 Å². The standard InChI is InChI=1S/C22H25IN2O4/c1-15(17-6-4-3-5-7-17)24-20(26)12-13-21(27)25-19(22(28)29-2)14-16-8-10-18(23)11-9-16/h3-11,15,19H,12-14H2,1-2H3,(H,24,26)(H,25,27)/t15-,19+/m1/s1. The van der Waals surface area contributed by atoms with Gasteiger partial charge in [0.1, 0.15) is 6.04 Å². The van der Waals surface area contributed by atoms with Crippen LogP contribution in [0.15, 0.2) is 54.6 Å². The molecule has 2 rings (SSSR count). The summed E-state index contributed by atoms with van der Waals surface area (Å²) in [5.74, 6) is -1.10. The van der Waals surface area contributed by atoms with Crippen LogP contribution in [0.5, 0.6) is 0 Å². The summed E-state index contributed by atoms with van der Waals surface area (Å²) in [5, 5.41) is 5.55. The number of carbonyl (C=O) groups excluding carboxylic acids is 3. The molecule has 0 saturated carbocycles. The second-order valence-corrected chi connectivity index (χ2v) is 7.92. The molecule has 29 heavy (non-hydrogen) atoms. The third-order valence-electron chi connectivity index (χ3n) is 4.43. The topological polar surface area (TPSA) is 84.5 Å². The lowest BCUT2D eigenvalue weighted by atomic mass is 10.1. The van der Waals surface area contributed by atoms with Gasteiger partial charge in [0.2, 0.25) is 11.8 Å². The first-order chi connectivity index (χ1) is 13.9. The molecule has 0 aliphatic carbocycles. The van der Waals surface area contributed by atoms with Crippen LogP contribution in [0.25, 0.3) is 0 Å². The molecule has 154 valence electrons. The molecule has 0 radical (unpaired) electrons. The lowest BCUT2D eigenvalue weighted by Gasteiger charge is -2.17. The van der Waals surface area contributed by atoms with Gasteiger partial charge in [-0.15, -0.1) is 0 Å². The van der Waals surface area contributed by atoms with Crippen molar-refractivity contribution in [1.29, 1.82) is 0 Å². The minimum absolute atomic E-state index is 0.00642. The van der Waals surface area contributed by atoms with Gasteiger partial charge in [0.05, 0.1) is 13.2 Å². The third kappa shape index (κ3) is 7.84. The Labute approximate surface area is 184 Å². The number of ether oxygens (including phenoxy) is 1. The third-order valence-corrected chi connectivity index (χ3v) is 5.15. The smallest absolute Gasteiger partial charge is 0.328 e. The van der Waals surface area contributed by atoms with Gasteiger partial charge in [-0.3, -0.25) is 9.59 Å². The molecule has 2 aromatic rings. The van der Waals surface area contributed by atoms with Crippen molar-refractivity contribution in [2.75, 3.05) is 7.11 Å². The average molecular weight is 508 g/mol. The molecule has 2 amide bonds. The summed E-state index contributed by atoms with van der Waals surface area (Å²) in [5.41, 5.74) is 1.91. The SMILES string of the molecule is COC(=O)[C@H](Cc1ccc(I)cc1)NC(=O)CCC(=O)N[C@H](C)c1ccccc1. The summed E-state index contributed by atoms with van der Waals surface area (Å²) in [4.78, 5) is 36.5. The van der Waals surface area contributed by atoms with Gasteiger partial charge in [0, 0.05) is 22.8 Å². The maximum absolute atomic E-state index is 12.3. The Hall–Kier alpha value is -2.42. The van der Waals surface area contributed by atoms with Crippen molar-refractivity contribution in [2.24, 2.45) is 0 Å². The van der Waals surface area contributed by atoms with Crippen LogP contribution in [0.2, 0.25) is 0 Å². The number of esters is 1. The Balaban J connectivity index is 1.85. The van der Waals surface area contributed by atoms with E-state index < -0.39 is 12.0 Å². The van der Waals surface area contributed by atoms with Crippen LogP contribution < -0.4 is 10.6 Å². The fourth-order valence-electron chi connectivity index (χ4n) is 2.82. The highest BCUT2D eigenvalue weighted by molar-refractivity contribution is 14.1. The van der Waals surface area contributed by atoms with Crippen LogP contribution in [0.4, 0.5) is 0 Å². The number of hydrogen-bond acceptors (Lipinski definition) is 4. The lowest BCUT2D eigenvalue weighted by molar-refractivity contribution is -0.145. The number of amides is 2. The van der Waals surface area contributed by atoms with E-state index in [2.05, 4.69) is 33.2 Å². The molecule has 2 N–H and O–H groups in total. The van der Waals surface area contributed by atoms with Crippen LogP contribution >= 0.6 is 22.6 Å². The molecule has 2 atom stereocenters. The van der Waals surface area contributed by atoms with Gasteiger partial charge in [0.25, 0.3) is 0 Å². The number of nitrogens with one attached hydrogen (secondary N) is 2. The fraction of sp³-hybridized carbons (Fsp3) is 0.318. The van der Waals surface area contributed by atoms with E-state index in [1.807, 2.05) is 61.5 Å². The Morgan fingerprint density at radius 3 is 2.10 bits per heavy atom. The highest BCUT2D eigenvalue weighted by atomic mass is 127. The van der Waals surface area contributed by atoms with Crippen molar-refractivity contribution in [3.8, 4) is 0 Å². The summed E-state index contributed by atoms with van der Waals surface area (Å²) in [6.07, 6.45) is 0.362. The predicted molar refractivity (Wildman–Crippen MR) is 119 cm³/mol. The summed E-state index contributed by atoms with van der Waals surface area (Å²) in [7, 11) is 1.29. The van der Waals surface area contributed by atoms with Crippen LogP contribution in [0.3, 0.4) is 0 Å². The minimum Gasteiger partial charge on any atom is -0.467 e. The van der Waals surface area contributed by atoms with Gasteiger partial charge in [-0.05, 0) is 52.8 Å². The van der Waals surface area contributed by atoms with Crippen LogP contribution in [-0.4, -0.2) is 30.9 Å². The second kappa shape index (κ2) is 11.5. The van der Waals surface area contributed by atoms with Crippen LogP contribution in [0.1, 0.15) is 36.9 Å². The van der Waals surface area contributed by atoms with E-state index in [-0.39, 0.29) is 30.7 Å². The summed E-state index contributed by atoms with van der Waals surface area (Å²) < 4.78 is 5.89. The van der Waals surface area contributed by atoms with E-state index in [1.165, 1.54) is 7.11 Å². The molecule has 0 fully saturated rings. The van der Waals surface area contributed by atoms with Crippen LogP contribution in [-0.2, 0) is 25.5 Å². The normalized spacial score (nSPS) is 12.5. The molecule has 0 unspecified atom stereocenters. The first-order valence-corrected chi connectivity index (χ1v) is 10.4. The van der Waals surface area contributed by atoms with E-state index in [9.17, 15) is 14.4 Å². The van der Waals surface area contributed by atoms with Gasteiger partial charge in [-0.2, -0.15) is 0 Å². The van der Waals surface area contributed by atoms with Gasteiger partial charge in [-0.1, -0.05) is 42.5 Å². The second-order valence-electron chi connectivity index (χ2n) is 6.67. The molecule has 0 aliphatic heterocycles. The molecule has 0 bridgehead atoms. The zero-order chi connectivity index (χ0) is 21.2. The monoisotopic (exact) mass is 508 g/mol. The molecule has 0 aromatic heterocycles. The van der Waals surface area contributed by atoms with E-state index >= 15 is 0 Å². The quantitative estimate of drug-likeness (QED) is 0.403. The maximum atomic E-state index is 12.3. The van der Waals surface area contributed by atoms with Crippen molar-refractivity contribution in [1.82, 2.24) is 10.6 Å². The number of hydrogen-bond donors (Lipinski definition) is 2. The van der Waals surface area contributed by atoms with Gasteiger partial charge in [-0.25, -0.2) is 4.79 Å². The molecule has 0 spiro atoms. The highest BCUT2D eigenvalue weighted by Gasteiger charge is 2.22. The Morgan fingerprint density at radius 1 is 0.931 bits per heavy atom. The lowest BCUT2D eigenvalue weighted by Crippen LogP contribution is -2.43. The number of carbonyl (C=O) groups is 3. The van der Waals surface area contributed by atoms with Crippen molar-refractivity contribution in [2.45, 2.75) is 38.3 Å². The Morgan fingerprint density at radius 2 is 1.52 bits per heavy atom. The fourth-order valence-corrected chi connectivity index (χ4v) is 3.18. The van der Waals surface area contributed by atoms with Crippen molar-refractivity contribution in [3.63, 3.8) is 0 Å². The first-order valence-electron chi connectivity index (χ1n) is 9.35. The Bertz CT molecular complexity index is 824. The number of rotatable bonds is 9. The molecule has 0 aliphatic rings. The van der Waals surface area contributed by atoms with E-state index in [1.54, 1.807) is 0 Å². The molecule has 0 heterocycles. The maximum Gasteiger partial charge on any atom is 0.328 e. The summed E-state index contributed by atoms with van der Waals surface area (Å²) >= 11 is 2.20. The number of benzene rings is 2. The zero-order valence-electron chi connectivity index (χ0n) is 16.5. The first kappa shape index (κ1) is 22.9.